The van der Waals surface area contributed by atoms with Crippen LogP contribution in [0.5, 0.6) is 0 Å². The van der Waals surface area contributed by atoms with Crippen LogP contribution in [0.1, 0.15) is 64.0 Å². The van der Waals surface area contributed by atoms with E-state index >= 15 is 0 Å². The maximum absolute atomic E-state index is 5.67. The second-order valence-corrected chi connectivity index (χ2v) is 4.13. The Balaban J connectivity index is 2.23. The Morgan fingerprint density at radius 2 is 1.67 bits per heavy atom. The summed E-state index contributed by atoms with van der Waals surface area (Å²) in [5.74, 6) is 1.99. The molecular formula is C13H23NO. The Morgan fingerprint density at radius 1 is 1.00 bits per heavy atom. The van der Waals surface area contributed by atoms with E-state index in [4.69, 9.17) is 4.42 Å². The lowest BCUT2D eigenvalue weighted by Gasteiger charge is -1.95. The quantitative estimate of drug-likeness (QED) is 0.601. The molecule has 0 fully saturated rings. The van der Waals surface area contributed by atoms with Crippen molar-refractivity contribution in [2.75, 3.05) is 0 Å². The lowest BCUT2D eigenvalue weighted by molar-refractivity contribution is 0.440. The minimum Gasteiger partial charge on any atom is -0.446 e. The third kappa shape index (κ3) is 5.01. The fraction of sp³-hybridized carbons (Fsp3) is 0.769. The number of hydrogen-bond acceptors (Lipinski definition) is 2. The smallest absolute Gasteiger partial charge is 0.194 e. The molecule has 0 radical (unpaired) electrons. The summed E-state index contributed by atoms with van der Waals surface area (Å²) in [5.41, 5.74) is 0. The van der Waals surface area contributed by atoms with Crippen molar-refractivity contribution in [3.8, 4) is 0 Å². The maximum atomic E-state index is 5.67. The molecule has 0 amide bonds. The van der Waals surface area contributed by atoms with Gasteiger partial charge in [0.25, 0.3) is 0 Å². The lowest BCUT2D eigenvalue weighted by Crippen LogP contribution is -1.84. The van der Waals surface area contributed by atoms with E-state index in [0.717, 1.165) is 24.5 Å². The Morgan fingerprint density at radius 3 is 2.33 bits per heavy atom. The van der Waals surface area contributed by atoms with Crippen molar-refractivity contribution in [2.45, 2.75) is 65.2 Å². The van der Waals surface area contributed by atoms with Crippen LogP contribution in [0.25, 0.3) is 0 Å². The number of hydrogen-bond donors (Lipinski definition) is 0. The highest BCUT2D eigenvalue weighted by molar-refractivity contribution is 4.94. The highest BCUT2D eigenvalue weighted by atomic mass is 16.4. The number of rotatable bonds is 8. The molecule has 86 valence electrons. The first-order valence-corrected chi connectivity index (χ1v) is 6.30. The molecule has 2 nitrogen and oxygen atoms in total. The van der Waals surface area contributed by atoms with Gasteiger partial charge in [0, 0.05) is 12.8 Å². The summed E-state index contributed by atoms with van der Waals surface area (Å²) >= 11 is 0. The molecule has 15 heavy (non-hydrogen) atoms. The van der Waals surface area contributed by atoms with E-state index in [0.29, 0.717) is 0 Å². The molecule has 0 spiro atoms. The van der Waals surface area contributed by atoms with Gasteiger partial charge in [0.05, 0.1) is 6.20 Å². The zero-order chi connectivity index (χ0) is 10.9. The van der Waals surface area contributed by atoms with Gasteiger partial charge in [-0.1, -0.05) is 39.5 Å². The van der Waals surface area contributed by atoms with Crippen LogP contribution >= 0.6 is 0 Å². The van der Waals surface area contributed by atoms with Crippen LogP contribution in [0.15, 0.2) is 10.6 Å². The van der Waals surface area contributed by atoms with E-state index < -0.39 is 0 Å². The largest absolute Gasteiger partial charge is 0.446 e. The molecule has 0 aliphatic heterocycles. The fourth-order valence-electron chi connectivity index (χ4n) is 1.65. The summed E-state index contributed by atoms with van der Waals surface area (Å²) in [4.78, 5) is 4.30. The third-order valence-corrected chi connectivity index (χ3v) is 2.62. The molecule has 1 aromatic heterocycles. The first kappa shape index (κ1) is 12.3. The average Bonchev–Trinajstić information content (AvgIpc) is 2.67. The molecular weight excluding hydrogens is 186 g/mol. The standard InChI is InChI=1S/C13H23NO/c1-3-5-7-9-12-11-14-13(15-12)10-8-6-4-2/h11H,3-10H2,1-2H3. The summed E-state index contributed by atoms with van der Waals surface area (Å²) in [6, 6.07) is 0. The fourth-order valence-corrected chi connectivity index (χ4v) is 1.65. The van der Waals surface area contributed by atoms with Gasteiger partial charge in [-0.15, -0.1) is 0 Å². The molecule has 0 aliphatic carbocycles. The summed E-state index contributed by atoms with van der Waals surface area (Å²) in [7, 11) is 0. The topological polar surface area (TPSA) is 26.0 Å². The van der Waals surface area contributed by atoms with Crippen LogP contribution in [0.2, 0.25) is 0 Å². The van der Waals surface area contributed by atoms with Crippen molar-refractivity contribution < 1.29 is 4.42 Å². The second-order valence-electron chi connectivity index (χ2n) is 4.13. The predicted molar refractivity (Wildman–Crippen MR) is 63.0 cm³/mol. The molecule has 0 bridgehead atoms. The number of unbranched alkanes of at least 4 members (excludes halogenated alkanes) is 4. The SMILES string of the molecule is CCCCCc1cnc(CCCCC)o1. The molecule has 0 N–H and O–H groups in total. The van der Waals surface area contributed by atoms with E-state index in [1.54, 1.807) is 0 Å². The van der Waals surface area contributed by atoms with E-state index in [-0.39, 0.29) is 0 Å². The van der Waals surface area contributed by atoms with E-state index in [9.17, 15) is 0 Å². The van der Waals surface area contributed by atoms with Gasteiger partial charge in [-0.25, -0.2) is 4.98 Å². The average molecular weight is 209 g/mol. The predicted octanol–water partition coefficient (Wildman–Crippen LogP) is 4.14. The van der Waals surface area contributed by atoms with Gasteiger partial charge in [-0.3, -0.25) is 0 Å². The first-order chi connectivity index (χ1) is 7.36. The molecule has 0 unspecified atom stereocenters. The van der Waals surface area contributed by atoms with E-state index in [2.05, 4.69) is 18.8 Å². The number of nitrogens with zero attached hydrogens (tertiary/aromatic N) is 1. The first-order valence-electron chi connectivity index (χ1n) is 6.30. The molecule has 2 heteroatoms. The zero-order valence-electron chi connectivity index (χ0n) is 10.1. The molecule has 1 rings (SSSR count). The number of oxazole rings is 1. The van der Waals surface area contributed by atoms with Crippen molar-refractivity contribution in [1.82, 2.24) is 4.98 Å². The number of aryl methyl sites for hydroxylation is 2. The Labute approximate surface area is 93.1 Å². The highest BCUT2D eigenvalue weighted by Gasteiger charge is 2.02. The van der Waals surface area contributed by atoms with Crippen molar-refractivity contribution >= 4 is 0 Å². The van der Waals surface area contributed by atoms with Crippen molar-refractivity contribution in [2.24, 2.45) is 0 Å². The van der Waals surface area contributed by atoms with Gasteiger partial charge < -0.3 is 4.42 Å². The van der Waals surface area contributed by atoms with Crippen LogP contribution < -0.4 is 0 Å². The van der Waals surface area contributed by atoms with Gasteiger partial charge >= 0.3 is 0 Å². The molecule has 0 aliphatic rings. The van der Waals surface area contributed by atoms with Crippen molar-refractivity contribution in [1.29, 1.82) is 0 Å². The van der Waals surface area contributed by atoms with Crippen LogP contribution in [-0.2, 0) is 12.8 Å². The molecule has 0 aromatic carbocycles. The van der Waals surface area contributed by atoms with Crippen LogP contribution in [0.3, 0.4) is 0 Å². The van der Waals surface area contributed by atoms with Crippen LogP contribution in [0.4, 0.5) is 0 Å². The molecule has 0 saturated carbocycles. The van der Waals surface area contributed by atoms with Crippen LogP contribution in [0, 0.1) is 0 Å². The molecule has 1 aromatic rings. The minimum absolute atomic E-state index is 0.926. The minimum atomic E-state index is 0.926. The lowest BCUT2D eigenvalue weighted by atomic mass is 10.2. The zero-order valence-corrected chi connectivity index (χ0v) is 10.1. The Kier molecular flexibility index (Phi) is 6.14. The second kappa shape index (κ2) is 7.49. The maximum Gasteiger partial charge on any atom is 0.194 e. The number of aromatic nitrogens is 1. The summed E-state index contributed by atoms with van der Waals surface area (Å²) in [6.45, 7) is 4.43. The monoisotopic (exact) mass is 209 g/mol. The van der Waals surface area contributed by atoms with Gasteiger partial charge in [0.1, 0.15) is 5.76 Å². The van der Waals surface area contributed by atoms with Gasteiger partial charge in [-0.05, 0) is 12.8 Å². The highest BCUT2D eigenvalue weighted by Crippen LogP contribution is 2.11. The van der Waals surface area contributed by atoms with Crippen molar-refractivity contribution in [3.05, 3.63) is 17.8 Å². The van der Waals surface area contributed by atoms with Gasteiger partial charge in [0.15, 0.2) is 5.89 Å². The summed E-state index contributed by atoms with van der Waals surface area (Å²) in [5, 5.41) is 0. The normalized spacial score (nSPS) is 10.8. The van der Waals surface area contributed by atoms with Crippen molar-refractivity contribution in [3.63, 3.8) is 0 Å². The Hall–Kier alpha value is -0.790. The molecule has 0 atom stereocenters. The summed E-state index contributed by atoms with van der Waals surface area (Å²) in [6.07, 6.45) is 11.4. The summed E-state index contributed by atoms with van der Waals surface area (Å²) < 4.78 is 5.67. The van der Waals surface area contributed by atoms with Gasteiger partial charge in [0.2, 0.25) is 0 Å². The van der Waals surface area contributed by atoms with E-state index in [1.165, 1.54) is 38.5 Å². The van der Waals surface area contributed by atoms with E-state index in [1.807, 2.05) is 6.20 Å². The third-order valence-electron chi connectivity index (χ3n) is 2.62. The van der Waals surface area contributed by atoms with Gasteiger partial charge in [-0.2, -0.15) is 0 Å². The molecule has 0 saturated heterocycles. The van der Waals surface area contributed by atoms with Crippen LogP contribution in [-0.4, -0.2) is 4.98 Å². The Bertz CT molecular complexity index is 230. The molecule has 1 heterocycles.